The van der Waals surface area contributed by atoms with Gasteiger partial charge in [-0.25, -0.2) is 9.59 Å². The van der Waals surface area contributed by atoms with Crippen molar-refractivity contribution in [2.24, 2.45) is 0 Å². The molecule has 1 N–H and O–H groups in total. The van der Waals surface area contributed by atoms with Crippen molar-refractivity contribution in [3.05, 3.63) is 65.4 Å². The minimum absolute atomic E-state index is 0.113. The number of aromatic nitrogens is 2. The van der Waals surface area contributed by atoms with Gasteiger partial charge in [-0.05, 0) is 17.2 Å². The van der Waals surface area contributed by atoms with Gasteiger partial charge < -0.3 is 14.4 Å². The van der Waals surface area contributed by atoms with Crippen LogP contribution in [0.5, 0.6) is 0 Å². The SMILES string of the molecule is COC(=O)[C@@H]1Cc2ccccc2CN1C(=O)COC(=O)c1n[nH]c2ccccc12. The maximum absolute atomic E-state index is 12.8. The summed E-state index contributed by atoms with van der Waals surface area (Å²) in [6.07, 6.45) is 0.354. The number of para-hydroxylation sites is 1. The number of aromatic amines is 1. The predicted molar refractivity (Wildman–Crippen MR) is 103 cm³/mol. The lowest BCUT2D eigenvalue weighted by Gasteiger charge is -2.35. The molecule has 1 aliphatic rings. The number of benzene rings is 2. The number of rotatable bonds is 4. The molecule has 0 fully saturated rings. The van der Waals surface area contributed by atoms with E-state index in [4.69, 9.17) is 9.47 Å². The molecule has 0 aliphatic carbocycles. The predicted octanol–water partition coefficient (Wildman–Crippen LogP) is 1.85. The second-order valence-electron chi connectivity index (χ2n) is 6.73. The summed E-state index contributed by atoms with van der Waals surface area (Å²) in [6, 6.07) is 14.0. The number of ether oxygens (including phenoxy) is 2. The lowest BCUT2D eigenvalue weighted by atomic mass is 9.94. The largest absolute Gasteiger partial charge is 0.467 e. The molecule has 2 aromatic carbocycles. The van der Waals surface area contributed by atoms with Gasteiger partial charge in [0, 0.05) is 18.4 Å². The summed E-state index contributed by atoms with van der Waals surface area (Å²) in [4.78, 5) is 38.8. The Kier molecular flexibility index (Phi) is 4.99. The van der Waals surface area contributed by atoms with Gasteiger partial charge in [0.25, 0.3) is 5.91 Å². The number of amides is 1. The van der Waals surface area contributed by atoms with Crippen LogP contribution in [-0.4, -0.2) is 52.7 Å². The number of hydrogen-bond acceptors (Lipinski definition) is 6. The van der Waals surface area contributed by atoms with Gasteiger partial charge in [0.15, 0.2) is 12.3 Å². The van der Waals surface area contributed by atoms with Gasteiger partial charge >= 0.3 is 11.9 Å². The van der Waals surface area contributed by atoms with Gasteiger partial charge in [-0.1, -0.05) is 42.5 Å². The van der Waals surface area contributed by atoms with E-state index in [-0.39, 0.29) is 12.2 Å². The number of carbonyl (C=O) groups excluding carboxylic acids is 3. The molecule has 2 heterocycles. The number of H-pyrrole nitrogens is 1. The third-order valence-corrected chi connectivity index (χ3v) is 5.03. The Morgan fingerprint density at radius 2 is 1.83 bits per heavy atom. The Labute approximate surface area is 166 Å². The quantitative estimate of drug-likeness (QED) is 0.679. The topological polar surface area (TPSA) is 102 Å². The molecule has 148 valence electrons. The number of hydrogen-bond donors (Lipinski definition) is 1. The van der Waals surface area contributed by atoms with E-state index in [9.17, 15) is 14.4 Å². The van der Waals surface area contributed by atoms with Crippen molar-refractivity contribution in [3.8, 4) is 0 Å². The maximum atomic E-state index is 12.8. The first-order chi connectivity index (χ1) is 14.1. The van der Waals surface area contributed by atoms with Gasteiger partial charge in [0.2, 0.25) is 0 Å². The summed E-state index contributed by atoms with van der Waals surface area (Å²) in [5, 5.41) is 7.34. The Balaban J connectivity index is 1.49. The zero-order chi connectivity index (χ0) is 20.4. The van der Waals surface area contributed by atoms with E-state index in [2.05, 4.69) is 10.2 Å². The Morgan fingerprint density at radius 1 is 1.10 bits per heavy atom. The lowest BCUT2D eigenvalue weighted by molar-refractivity contribution is -0.155. The summed E-state index contributed by atoms with van der Waals surface area (Å²) in [7, 11) is 1.29. The Hall–Kier alpha value is -3.68. The standard InChI is InChI=1S/C21H19N3O5/c1-28-20(26)17-10-13-6-2-3-7-14(13)11-24(17)18(25)12-29-21(27)19-15-8-4-5-9-16(15)22-23-19/h2-9,17H,10-12H2,1H3,(H,22,23)/t17-/m0/s1. The average Bonchev–Trinajstić information content (AvgIpc) is 3.20. The van der Waals surface area contributed by atoms with Crippen LogP contribution >= 0.6 is 0 Å². The zero-order valence-corrected chi connectivity index (χ0v) is 15.8. The van der Waals surface area contributed by atoms with Crippen molar-refractivity contribution in [2.45, 2.75) is 19.0 Å². The smallest absolute Gasteiger partial charge is 0.359 e. The molecule has 8 heteroatoms. The number of methoxy groups -OCH3 is 1. The third-order valence-electron chi connectivity index (χ3n) is 5.03. The van der Waals surface area contributed by atoms with Crippen molar-refractivity contribution >= 4 is 28.7 Å². The van der Waals surface area contributed by atoms with Crippen LogP contribution in [0.2, 0.25) is 0 Å². The first-order valence-electron chi connectivity index (χ1n) is 9.13. The first-order valence-corrected chi connectivity index (χ1v) is 9.13. The number of nitrogens with zero attached hydrogens (tertiary/aromatic N) is 2. The van der Waals surface area contributed by atoms with E-state index < -0.39 is 30.5 Å². The monoisotopic (exact) mass is 393 g/mol. The van der Waals surface area contributed by atoms with E-state index in [1.165, 1.54) is 12.0 Å². The lowest BCUT2D eigenvalue weighted by Crippen LogP contribution is -2.50. The molecule has 1 aromatic heterocycles. The van der Waals surface area contributed by atoms with Gasteiger partial charge in [-0.2, -0.15) is 5.10 Å². The third kappa shape index (κ3) is 3.56. The molecule has 3 aromatic rings. The van der Waals surface area contributed by atoms with Crippen LogP contribution in [0.15, 0.2) is 48.5 Å². The molecule has 8 nitrogen and oxygen atoms in total. The Morgan fingerprint density at radius 3 is 2.62 bits per heavy atom. The number of fused-ring (bicyclic) bond motifs is 2. The van der Waals surface area contributed by atoms with Crippen LogP contribution in [0.3, 0.4) is 0 Å². The normalized spacial score (nSPS) is 15.6. The summed E-state index contributed by atoms with van der Waals surface area (Å²) in [6.45, 7) is -0.243. The highest BCUT2D eigenvalue weighted by Crippen LogP contribution is 2.24. The van der Waals surface area contributed by atoms with Crippen LogP contribution in [0.4, 0.5) is 0 Å². The van der Waals surface area contributed by atoms with Crippen LogP contribution < -0.4 is 0 Å². The number of nitrogens with one attached hydrogen (secondary N) is 1. The summed E-state index contributed by atoms with van der Waals surface area (Å²) in [5.74, 6) is -1.68. The molecule has 0 spiro atoms. The highest BCUT2D eigenvalue weighted by Gasteiger charge is 2.35. The van der Waals surface area contributed by atoms with Gasteiger partial charge in [0.05, 0.1) is 12.6 Å². The van der Waals surface area contributed by atoms with Crippen molar-refractivity contribution < 1.29 is 23.9 Å². The molecule has 1 atom stereocenters. The molecule has 0 saturated heterocycles. The van der Waals surface area contributed by atoms with Crippen molar-refractivity contribution in [1.29, 1.82) is 0 Å². The van der Waals surface area contributed by atoms with E-state index in [1.54, 1.807) is 18.2 Å². The second-order valence-corrected chi connectivity index (χ2v) is 6.73. The van der Waals surface area contributed by atoms with Crippen LogP contribution in [-0.2, 0) is 32.0 Å². The minimum atomic E-state index is -0.757. The maximum Gasteiger partial charge on any atom is 0.359 e. The second kappa shape index (κ2) is 7.75. The molecule has 0 saturated carbocycles. The van der Waals surface area contributed by atoms with Gasteiger partial charge in [-0.15, -0.1) is 0 Å². The molecule has 0 bridgehead atoms. The minimum Gasteiger partial charge on any atom is -0.467 e. The summed E-state index contributed by atoms with van der Waals surface area (Å²) < 4.78 is 10.1. The molecule has 0 radical (unpaired) electrons. The highest BCUT2D eigenvalue weighted by atomic mass is 16.5. The van der Waals surface area contributed by atoms with Crippen molar-refractivity contribution in [2.75, 3.05) is 13.7 Å². The molecule has 0 unspecified atom stereocenters. The molecule has 1 aliphatic heterocycles. The average molecular weight is 393 g/mol. The fraction of sp³-hybridized carbons (Fsp3) is 0.238. The fourth-order valence-corrected chi connectivity index (χ4v) is 3.53. The number of esters is 2. The molecular weight excluding hydrogens is 374 g/mol. The van der Waals surface area contributed by atoms with E-state index >= 15 is 0 Å². The van der Waals surface area contributed by atoms with E-state index in [1.807, 2.05) is 30.3 Å². The van der Waals surface area contributed by atoms with Crippen LogP contribution in [0.1, 0.15) is 21.6 Å². The Bertz CT molecular complexity index is 1090. The van der Waals surface area contributed by atoms with Gasteiger partial charge in [0.1, 0.15) is 6.04 Å². The van der Waals surface area contributed by atoms with Gasteiger partial charge in [-0.3, -0.25) is 9.89 Å². The zero-order valence-electron chi connectivity index (χ0n) is 15.8. The first kappa shape index (κ1) is 18.7. The number of carbonyl (C=O) groups is 3. The van der Waals surface area contributed by atoms with Crippen LogP contribution in [0, 0.1) is 0 Å². The molecule has 1 amide bonds. The fourth-order valence-electron chi connectivity index (χ4n) is 3.53. The summed E-state index contributed by atoms with van der Waals surface area (Å²) in [5.41, 5.74) is 2.75. The molecule has 4 rings (SSSR count). The van der Waals surface area contributed by atoms with Crippen molar-refractivity contribution in [3.63, 3.8) is 0 Å². The van der Waals surface area contributed by atoms with E-state index in [0.717, 1.165) is 11.1 Å². The molecule has 29 heavy (non-hydrogen) atoms. The summed E-state index contributed by atoms with van der Waals surface area (Å²) >= 11 is 0. The van der Waals surface area contributed by atoms with Crippen molar-refractivity contribution in [1.82, 2.24) is 15.1 Å². The molecular formula is C21H19N3O5. The van der Waals surface area contributed by atoms with Crippen LogP contribution in [0.25, 0.3) is 10.9 Å². The highest BCUT2D eigenvalue weighted by molar-refractivity contribution is 6.02. The van der Waals surface area contributed by atoms with E-state index in [0.29, 0.717) is 17.3 Å².